The molecular weight excluding hydrogens is 352 g/mol. The minimum atomic E-state index is -0.0859. The fraction of sp³-hybridized carbons (Fsp3) is 0.227. The van der Waals surface area contributed by atoms with Gasteiger partial charge in [-0.2, -0.15) is 0 Å². The Morgan fingerprint density at radius 1 is 1.25 bits per heavy atom. The Labute approximate surface area is 163 Å². The van der Waals surface area contributed by atoms with E-state index in [9.17, 15) is 9.59 Å². The number of carbonyl (C=O) groups is 2. The molecule has 6 heteroatoms. The Balaban J connectivity index is 1.47. The van der Waals surface area contributed by atoms with Crippen LogP contribution >= 0.6 is 0 Å². The molecule has 1 atom stereocenters. The average Bonchev–Trinajstić information content (AvgIpc) is 3.15. The predicted octanol–water partition coefficient (Wildman–Crippen LogP) is 3.68. The van der Waals surface area contributed by atoms with Crippen LogP contribution in [-0.4, -0.2) is 33.7 Å². The number of hydrogen-bond acceptors (Lipinski definition) is 3. The Morgan fingerprint density at radius 3 is 2.89 bits per heavy atom. The second kappa shape index (κ2) is 7.31. The van der Waals surface area contributed by atoms with E-state index in [1.165, 1.54) is 0 Å². The minimum Gasteiger partial charge on any atom is -0.357 e. The number of anilines is 1. The molecule has 0 saturated carbocycles. The van der Waals surface area contributed by atoms with Crippen LogP contribution in [0.2, 0.25) is 0 Å². The maximum absolute atomic E-state index is 12.6. The number of fused-ring (bicyclic) bond motifs is 2. The molecule has 1 aliphatic heterocycles. The van der Waals surface area contributed by atoms with Gasteiger partial charge in [0.25, 0.3) is 0 Å². The molecular formula is C22H22N4O2. The molecule has 3 heterocycles. The smallest absolute Gasteiger partial charge is 0.246 e. The molecule has 28 heavy (non-hydrogen) atoms. The largest absolute Gasteiger partial charge is 0.357 e. The Morgan fingerprint density at radius 2 is 2.07 bits per heavy atom. The highest BCUT2D eigenvalue weighted by molar-refractivity contribution is 5.94. The van der Waals surface area contributed by atoms with Gasteiger partial charge in [0.1, 0.15) is 5.82 Å². The SMILES string of the molecule is CC(c1cc2ccccc2[nH]1)N(C)C(=O)/C=C/c1cnc2c(c1)CCC(=O)N2. The zero-order valence-electron chi connectivity index (χ0n) is 15.9. The van der Waals surface area contributed by atoms with E-state index in [1.807, 2.05) is 31.2 Å². The van der Waals surface area contributed by atoms with Crippen LogP contribution in [0.1, 0.15) is 36.2 Å². The quantitative estimate of drug-likeness (QED) is 0.684. The maximum Gasteiger partial charge on any atom is 0.246 e. The second-order valence-corrected chi connectivity index (χ2v) is 7.09. The maximum atomic E-state index is 12.6. The molecule has 2 aromatic heterocycles. The lowest BCUT2D eigenvalue weighted by Gasteiger charge is -2.22. The number of para-hydroxylation sites is 1. The molecule has 0 spiro atoms. The molecule has 0 bridgehead atoms. The van der Waals surface area contributed by atoms with Crippen LogP contribution in [0.25, 0.3) is 17.0 Å². The number of aromatic amines is 1. The van der Waals surface area contributed by atoms with E-state index in [-0.39, 0.29) is 17.9 Å². The topological polar surface area (TPSA) is 78.1 Å². The number of amides is 2. The van der Waals surface area contributed by atoms with Crippen molar-refractivity contribution in [1.82, 2.24) is 14.9 Å². The van der Waals surface area contributed by atoms with E-state index in [4.69, 9.17) is 0 Å². The van der Waals surface area contributed by atoms with Gasteiger partial charge in [-0.3, -0.25) is 9.59 Å². The number of nitrogens with zero attached hydrogens (tertiary/aromatic N) is 2. The lowest BCUT2D eigenvalue weighted by Crippen LogP contribution is -2.28. The summed E-state index contributed by atoms with van der Waals surface area (Å²) >= 11 is 0. The van der Waals surface area contributed by atoms with Crippen LogP contribution in [0.3, 0.4) is 0 Å². The van der Waals surface area contributed by atoms with Gasteiger partial charge >= 0.3 is 0 Å². The molecule has 1 unspecified atom stereocenters. The van der Waals surface area contributed by atoms with Crippen LogP contribution in [0, 0.1) is 0 Å². The average molecular weight is 374 g/mol. The normalized spacial score (nSPS) is 14.7. The molecule has 0 aliphatic carbocycles. The zero-order valence-corrected chi connectivity index (χ0v) is 15.9. The van der Waals surface area contributed by atoms with E-state index in [0.29, 0.717) is 18.7 Å². The highest BCUT2D eigenvalue weighted by Gasteiger charge is 2.18. The van der Waals surface area contributed by atoms with E-state index in [1.54, 1.807) is 30.3 Å². The summed E-state index contributed by atoms with van der Waals surface area (Å²) in [5, 5.41) is 3.89. The van der Waals surface area contributed by atoms with Crippen molar-refractivity contribution in [2.24, 2.45) is 0 Å². The summed E-state index contributed by atoms with van der Waals surface area (Å²) < 4.78 is 0. The van der Waals surface area contributed by atoms with Crippen molar-refractivity contribution in [3.63, 3.8) is 0 Å². The van der Waals surface area contributed by atoms with Crippen molar-refractivity contribution in [3.8, 4) is 0 Å². The summed E-state index contributed by atoms with van der Waals surface area (Å²) in [6.07, 6.45) is 6.12. The number of pyridine rings is 1. The lowest BCUT2D eigenvalue weighted by atomic mass is 10.0. The fourth-order valence-corrected chi connectivity index (χ4v) is 3.37. The summed E-state index contributed by atoms with van der Waals surface area (Å²) in [7, 11) is 1.80. The van der Waals surface area contributed by atoms with E-state index >= 15 is 0 Å². The van der Waals surface area contributed by atoms with Gasteiger partial charge in [0.2, 0.25) is 11.8 Å². The first kappa shape index (κ1) is 18.0. The molecule has 0 saturated heterocycles. The van der Waals surface area contributed by atoms with Gasteiger partial charge in [-0.1, -0.05) is 18.2 Å². The number of benzene rings is 1. The van der Waals surface area contributed by atoms with Crippen molar-refractivity contribution in [2.75, 3.05) is 12.4 Å². The van der Waals surface area contributed by atoms with Gasteiger partial charge in [0, 0.05) is 37.0 Å². The highest BCUT2D eigenvalue weighted by Crippen LogP contribution is 2.24. The lowest BCUT2D eigenvalue weighted by molar-refractivity contribution is -0.126. The van der Waals surface area contributed by atoms with E-state index in [0.717, 1.165) is 27.7 Å². The number of nitrogens with one attached hydrogen (secondary N) is 2. The molecule has 0 radical (unpaired) electrons. The zero-order chi connectivity index (χ0) is 19.7. The first-order chi connectivity index (χ1) is 13.5. The number of aromatic nitrogens is 2. The monoisotopic (exact) mass is 374 g/mol. The first-order valence-electron chi connectivity index (χ1n) is 9.32. The number of rotatable bonds is 4. The summed E-state index contributed by atoms with van der Waals surface area (Å²) in [5.41, 5.74) is 3.90. The number of carbonyl (C=O) groups excluding carboxylic acids is 2. The summed E-state index contributed by atoms with van der Waals surface area (Å²) in [6, 6.07) is 12.0. The van der Waals surface area contributed by atoms with Crippen LogP contribution in [-0.2, 0) is 16.0 Å². The first-order valence-corrected chi connectivity index (χ1v) is 9.32. The van der Waals surface area contributed by atoms with Crippen molar-refractivity contribution in [3.05, 3.63) is 65.5 Å². The predicted molar refractivity (Wildman–Crippen MR) is 110 cm³/mol. The Bertz CT molecular complexity index is 1050. The van der Waals surface area contributed by atoms with E-state index in [2.05, 4.69) is 27.4 Å². The Kier molecular flexibility index (Phi) is 4.69. The van der Waals surface area contributed by atoms with Crippen molar-refractivity contribution in [2.45, 2.75) is 25.8 Å². The summed E-state index contributed by atoms with van der Waals surface area (Å²) in [5.74, 6) is 0.521. The van der Waals surface area contributed by atoms with Gasteiger partial charge in [-0.15, -0.1) is 0 Å². The van der Waals surface area contributed by atoms with Crippen LogP contribution in [0.5, 0.6) is 0 Å². The summed E-state index contributed by atoms with van der Waals surface area (Å²) in [6.45, 7) is 2.00. The van der Waals surface area contributed by atoms with Gasteiger partial charge in [-0.05, 0) is 54.1 Å². The molecule has 2 N–H and O–H groups in total. The number of likely N-dealkylation sites (N-methyl/N-ethyl adjacent to an activating group) is 1. The molecule has 4 rings (SSSR count). The third-order valence-corrected chi connectivity index (χ3v) is 5.21. The van der Waals surface area contributed by atoms with Crippen LogP contribution in [0.4, 0.5) is 5.82 Å². The minimum absolute atomic E-state index is 0.00828. The number of aryl methyl sites for hydroxylation is 1. The molecule has 142 valence electrons. The van der Waals surface area contributed by atoms with Gasteiger partial charge in [-0.25, -0.2) is 4.98 Å². The molecule has 0 fully saturated rings. The third-order valence-electron chi connectivity index (χ3n) is 5.21. The Hall–Kier alpha value is -3.41. The third kappa shape index (κ3) is 3.53. The van der Waals surface area contributed by atoms with Gasteiger partial charge in [0.15, 0.2) is 0 Å². The molecule has 2 amide bonds. The molecule has 6 nitrogen and oxygen atoms in total. The van der Waals surface area contributed by atoms with E-state index < -0.39 is 0 Å². The highest BCUT2D eigenvalue weighted by atomic mass is 16.2. The fourth-order valence-electron chi connectivity index (χ4n) is 3.37. The van der Waals surface area contributed by atoms with Gasteiger partial charge in [0.05, 0.1) is 6.04 Å². The molecule has 3 aromatic rings. The van der Waals surface area contributed by atoms with Crippen molar-refractivity contribution >= 4 is 34.6 Å². The van der Waals surface area contributed by atoms with Crippen molar-refractivity contribution < 1.29 is 9.59 Å². The second-order valence-electron chi connectivity index (χ2n) is 7.09. The molecule has 1 aliphatic rings. The number of hydrogen-bond donors (Lipinski definition) is 2. The standard InChI is InChI=1S/C22H22N4O2/c1-14(19-12-16-5-3-4-6-18(16)24-19)26(2)21(28)10-7-15-11-17-8-9-20(27)25-22(17)23-13-15/h3-7,10-14,24H,8-9H2,1-2H3,(H,23,25,27)/b10-7+. The van der Waals surface area contributed by atoms with Crippen LogP contribution in [0.15, 0.2) is 48.7 Å². The van der Waals surface area contributed by atoms with Crippen molar-refractivity contribution in [1.29, 1.82) is 0 Å². The molecule has 1 aromatic carbocycles. The van der Waals surface area contributed by atoms with Crippen LogP contribution < -0.4 is 5.32 Å². The van der Waals surface area contributed by atoms with Gasteiger partial charge < -0.3 is 15.2 Å². The summed E-state index contributed by atoms with van der Waals surface area (Å²) in [4.78, 5) is 33.4. The number of H-pyrrole nitrogens is 1.